The maximum absolute atomic E-state index is 11.2. The quantitative estimate of drug-likeness (QED) is 0.493. The number of nitrogens with zero attached hydrogens (tertiary/aromatic N) is 2. The summed E-state index contributed by atoms with van der Waals surface area (Å²) in [5.41, 5.74) is 2.95. The van der Waals surface area contributed by atoms with Crippen LogP contribution in [0.5, 0.6) is 0 Å². The molecule has 1 amide bonds. The Morgan fingerprint density at radius 1 is 1.30 bits per heavy atom. The molecular weight excluding hydrogens is 253 g/mol. The average molecular weight is 274 g/mol. The fourth-order valence-corrected chi connectivity index (χ4v) is 2.80. The highest BCUT2D eigenvalue weighted by Crippen LogP contribution is 2.18. The minimum Gasteiger partial charge on any atom is -0.335 e. The Balaban J connectivity index is 1.95. The first-order valence-electron chi connectivity index (χ1n) is 6.93. The van der Waals surface area contributed by atoms with Crippen molar-refractivity contribution in [1.82, 2.24) is 15.2 Å². The number of amides is 1. The lowest BCUT2D eigenvalue weighted by Gasteiger charge is -2.44. The molecule has 1 aromatic rings. The van der Waals surface area contributed by atoms with E-state index in [9.17, 15) is 4.79 Å². The molecule has 107 valence electrons. The third kappa shape index (κ3) is 3.82. The number of nitrogens with one attached hydrogen (secondary N) is 1. The summed E-state index contributed by atoms with van der Waals surface area (Å²) in [6.45, 7) is 6.81. The molecule has 1 aromatic carbocycles. The highest BCUT2D eigenvalue weighted by atomic mass is 16.5. The minimum atomic E-state index is -0.471. The van der Waals surface area contributed by atoms with E-state index in [0.717, 1.165) is 19.6 Å². The van der Waals surface area contributed by atoms with E-state index >= 15 is 0 Å². The van der Waals surface area contributed by atoms with Gasteiger partial charge in [-0.25, -0.2) is 5.48 Å². The standard InChI is InChI=1S/C14H21BN3O2/c1-11-8-17(15-14(19)16-20)9-12(2)18(11)10-13-6-4-3-5-7-13/h3-7,11-12,20H,8-10H2,1-2H3,(H,16,19). The maximum atomic E-state index is 11.2. The molecule has 0 spiro atoms. The van der Waals surface area contributed by atoms with Crippen LogP contribution in [-0.4, -0.2) is 53.3 Å². The number of benzene rings is 1. The molecule has 2 unspecified atom stereocenters. The van der Waals surface area contributed by atoms with Crippen LogP contribution in [0, 0.1) is 0 Å². The molecule has 2 atom stereocenters. The molecule has 0 bridgehead atoms. The van der Waals surface area contributed by atoms with Crippen molar-refractivity contribution in [3.63, 3.8) is 0 Å². The monoisotopic (exact) mass is 274 g/mol. The second-order valence-electron chi connectivity index (χ2n) is 5.42. The van der Waals surface area contributed by atoms with Crippen LogP contribution in [0.25, 0.3) is 0 Å². The Morgan fingerprint density at radius 3 is 2.45 bits per heavy atom. The van der Waals surface area contributed by atoms with Gasteiger partial charge in [-0.15, -0.1) is 0 Å². The summed E-state index contributed by atoms with van der Waals surface area (Å²) in [5, 5.41) is 8.58. The van der Waals surface area contributed by atoms with Gasteiger partial charge in [0.2, 0.25) is 5.81 Å². The SMILES string of the molecule is CC1CN([B]C(=O)NO)CC(C)N1Cc1ccccc1. The molecule has 0 aliphatic carbocycles. The molecule has 2 rings (SSSR count). The third-order valence-electron chi connectivity index (χ3n) is 3.75. The van der Waals surface area contributed by atoms with Gasteiger partial charge in [-0.1, -0.05) is 30.3 Å². The number of carbonyl (C=O) groups excluding carboxylic acids is 1. The Kier molecular flexibility index (Phi) is 5.17. The molecule has 1 fully saturated rings. The average Bonchev–Trinajstić information content (AvgIpc) is 2.44. The molecule has 1 aliphatic rings. The van der Waals surface area contributed by atoms with Gasteiger partial charge in [-0.05, 0) is 19.4 Å². The van der Waals surface area contributed by atoms with Crippen molar-refractivity contribution in [2.45, 2.75) is 32.5 Å². The van der Waals surface area contributed by atoms with Gasteiger partial charge >= 0.3 is 7.41 Å². The molecule has 2 N–H and O–H groups in total. The van der Waals surface area contributed by atoms with Crippen molar-refractivity contribution in [3.8, 4) is 0 Å². The van der Waals surface area contributed by atoms with E-state index in [0.29, 0.717) is 12.1 Å². The van der Waals surface area contributed by atoms with Gasteiger partial charge < -0.3 is 4.81 Å². The molecule has 1 saturated heterocycles. The third-order valence-corrected chi connectivity index (χ3v) is 3.75. The Labute approximate surface area is 120 Å². The smallest absolute Gasteiger partial charge is 0.331 e. The van der Waals surface area contributed by atoms with Gasteiger partial charge in [-0.2, -0.15) is 0 Å². The maximum Gasteiger partial charge on any atom is 0.331 e. The highest BCUT2D eigenvalue weighted by molar-refractivity contribution is 6.71. The van der Waals surface area contributed by atoms with Crippen LogP contribution in [0.3, 0.4) is 0 Å². The molecule has 0 aromatic heterocycles. The Bertz CT molecular complexity index is 431. The first-order chi connectivity index (χ1) is 9.60. The fourth-order valence-electron chi connectivity index (χ4n) is 2.80. The van der Waals surface area contributed by atoms with Crippen molar-refractivity contribution < 1.29 is 10.0 Å². The number of carbonyl (C=O) groups is 1. The van der Waals surface area contributed by atoms with Crippen molar-refractivity contribution in [1.29, 1.82) is 0 Å². The second kappa shape index (κ2) is 6.88. The summed E-state index contributed by atoms with van der Waals surface area (Å²) < 4.78 is 0. The van der Waals surface area contributed by atoms with E-state index in [-0.39, 0.29) is 0 Å². The normalized spacial score (nSPS) is 24.4. The van der Waals surface area contributed by atoms with Crippen LogP contribution < -0.4 is 5.48 Å². The summed E-state index contributed by atoms with van der Waals surface area (Å²) in [4.78, 5) is 15.6. The van der Waals surface area contributed by atoms with E-state index in [4.69, 9.17) is 5.21 Å². The first kappa shape index (κ1) is 15.0. The number of hydroxylamine groups is 1. The molecule has 1 aliphatic heterocycles. The molecule has 6 heteroatoms. The van der Waals surface area contributed by atoms with E-state index in [1.165, 1.54) is 13.0 Å². The lowest BCUT2D eigenvalue weighted by atomic mass is 9.87. The van der Waals surface area contributed by atoms with Crippen molar-refractivity contribution in [3.05, 3.63) is 35.9 Å². The fraction of sp³-hybridized carbons (Fsp3) is 0.500. The van der Waals surface area contributed by atoms with Crippen LogP contribution in [0.1, 0.15) is 19.4 Å². The molecule has 20 heavy (non-hydrogen) atoms. The zero-order chi connectivity index (χ0) is 14.5. The Morgan fingerprint density at radius 2 is 1.90 bits per heavy atom. The van der Waals surface area contributed by atoms with Gasteiger partial charge in [0.05, 0.1) is 0 Å². The minimum absolute atomic E-state index is 0.349. The number of hydrogen-bond acceptors (Lipinski definition) is 4. The largest absolute Gasteiger partial charge is 0.335 e. The summed E-state index contributed by atoms with van der Waals surface area (Å²) in [5.74, 6) is -0.471. The lowest BCUT2D eigenvalue weighted by Crippen LogP contribution is -2.58. The van der Waals surface area contributed by atoms with Gasteiger partial charge in [0.25, 0.3) is 0 Å². The van der Waals surface area contributed by atoms with E-state index in [1.54, 1.807) is 5.48 Å². The zero-order valence-corrected chi connectivity index (χ0v) is 12.0. The first-order valence-corrected chi connectivity index (χ1v) is 6.93. The van der Waals surface area contributed by atoms with E-state index in [2.05, 4.69) is 43.0 Å². The second-order valence-corrected chi connectivity index (χ2v) is 5.42. The predicted molar refractivity (Wildman–Crippen MR) is 78.6 cm³/mol. The predicted octanol–water partition coefficient (Wildman–Crippen LogP) is 1.30. The Hall–Kier alpha value is -1.37. The highest BCUT2D eigenvalue weighted by Gasteiger charge is 2.30. The van der Waals surface area contributed by atoms with Crippen LogP contribution in [0.15, 0.2) is 30.3 Å². The van der Waals surface area contributed by atoms with Crippen LogP contribution >= 0.6 is 0 Å². The summed E-state index contributed by atoms with van der Waals surface area (Å²) in [6.07, 6.45) is 0. The molecule has 5 nitrogen and oxygen atoms in total. The van der Waals surface area contributed by atoms with Crippen molar-refractivity contribution >= 4 is 13.2 Å². The topological polar surface area (TPSA) is 55.8 Å². The van der Waals surface area contributed by atoms with Crippen molar-refractivity contribution in [2.24, 2.45) is 0 Å². The summed E-state index contributed by atoms with van der Waals surface area (Å²) in [7, 11) is 1.44. The molecule has 0 saturated carbocycles. The van der Waals surface area contributed by atoms with E-state index < -0.39 is 5.81 Å². The number of rotatable bonds is 4. The lowest BCUT2D eigenvalue weighted by molar-refractivity contribution is 0.0691. The number of piperazine rings is 1. The summed E-state index contributed by atoms with van der Waals surface area (Å²) >= 11 is 0. The zero-order valence-electron chi connectivity index (χ0n) is 12.0. The molecular formula is C14H21BN3O2. The van der Waals surface area contributed by atoms with Crippen LogP contribution in [0.2, 0.25) is 0 Å². The van der Waals surface area contributed by atoms with Crippen LogP contribution in [0.4, 0.5) is 4.79 Å². The van der Waals surface area contributed by atoms with Gasteiger partial charge in [0, 0.05) is 31.7 Å². The van der Waals surface area contributed by atoms with Crippen LogP contribution in [-0.2, 0) is 6.54 Å². The van der Waals surface area contributed by atoms with Gasteiger partial charge in [-0.3, -0.25) is 14.9 Å². The van der Waals surface area contributed by atoms with E-state index in [1.807, 2.05) is 10.9 Å². The van der Waals surface area contributed by atoms with Gasteiger partial charge in [0.15, 0.2) is 0 Å². The molecule has 1 heterocycles. The number of hydrogen-bond donors (Lipinski definition) is 2. The summed E-state index contributed by atoms with van der Waals surface area (Å²) in [6, 6.07) is 11.1. The van der Waals surface area contributed by atoms with Gasteiger partial charge in [0.1, 0.15) is 0 Å². The molecule has 1 radical (unpaired) electrons. The van der Waals surface area contributed by atoms with Crippen molar-refractivity contribution in [2.75, 3.05) is 13.1 Å².